The van der Waals surface area contributed by atoms with Gasteiger partial charge in [0.15, 0.2) is 4.81 Å². The second-order valence-electron chi connectivity index (χ2n) is 10.6. The van der Waals surface area contributed by atoms with E-state index >= 15 is 0 Å². The van der Waals surface area contributed by atoms with E-state index in [1.807, 2.05) is 121 Å². The molecule has 242 valence electrons. The molecule has 1 unspecified atom stereocenters. The van der Waals surface area contributed by atoms with Gasteiger partial charge >= 0.3 is 0 Å². The van der Waals surface area contributed by atoms with E-state index in [1.54, 1.807) is 0 Å². The standard InChI is InChI=1S/C36H36Cl3NO6/c37-34(38)35(40-39)46-36-33(44-24-29-19-11-4-12-20-29)32(43-23-28-17-9-3-10-18-28)31(42-22-27-15-7-2-8-16-27)30(45-36)25-41-21-26-13-5-1-6-14-26/h1-20,30-34,36H,21-25H2/t30-,31-,32+,33-,36?/m1/s1/i34D. The fourth-order valence-corrected chi connectivity index (χ4v) is 5.43. The maximum atomic E-state index is 8.12. The van der Waals surface area contributed by atoms with Crippen LogP contribution >= 0.6 is 35.0 Å². The summed E-state index contributed by atoms with van der Waals surface area (Å²) < 4.78 is 50.1. The van der Waals surface area contributed by atoms with Crippen molar-refractivity contribution in [3.63, 3.8) is 0 Å². The Balaban J connectivity index is 1.48. The molecule has 0 aliphatic carbocycles. The first-order chi connectivity index (χ1) is 22.9. The number of ether oxygens (including phenoxy) is 6. The fraction of sp³-hybridized carbons (Fsp3) is 0.306. The highest BCUT2D eigenvalue weighted by molar-refractivity contribution is 6.54. The van der Waals surface area contributed by atoms with E-state index in [1.165, 1.54) is 0 Å². The summed E-state index contributed by atoms with van der Waals surface area (Å²) in [5, 5.41) is 0. The Morgan fingerprint density at radius 1 is 0.630 bits per heavy atom. The van der Waals surface area contributed by atoms with Crippen molar-refractivity contribution in [2.75, 3.05) is 6.61 Å². The molecule has 1 aliphatic rings. The van der Waals surface area contributed by atoms with E-state index in [9.17, 15) is 0 Å². The van der Waals surface area contributed by atoms with Gasteiger partial charge in [-0.05, 0) is 22.3 Å². The molecule has 1 fully saturated rings. The number of hydrogen-bond donors (Lipinski definition) is 0. The molecule has 0 bridgehead atoms. The summed E-state index contributed by atoms with van der Waals surface area (Å²) in [6, 6.07) is 39.1. The van der Waals surface area contributed by atoms with Crippen molar-refractivity contribution in [3.05, 3.63) is 144 Å². The smallest absolute Gasteiger partial charge is 0.237 e. The van der Waals surface area contributed by atoms with E-state index in [2.05, 4.69) is 4.51 Å². The Hall–Kier alpha value is -2.98. The van der Waals surface area contributed by atoms with E-state index in [0.29, 0.717) is 6.61 Å². The molecule has 5 atom stereocenters. The highest BCUT2D eigenvalue weighted by atomic mass is 35.5. The molecular weight excluding hydrogens is 649 g/mol. The lowest BCUT2D eigenvalue weighted by Crippen LogP contribution is -2.62. The molecular formula is C36H36Cl3NO6. The Morgan fingerprint density at radius 3 is 1.48 bits per heavy atom. The third-order valence-corrected chi connectivity index (χ3v) is 7.78. The van der Waals surface area contributed by atoms with Crippen LogP contribution < -0.4 is 0 Å². The van der Waals surface area contributed by atoms with Gasteiger partial charge in [-0.2, -0.15) is 0 Å². The van der Waals surface area contributed by atoms with Crippen molar-refractivity contribution >= 4 is 40.9 Å². The minimum Gasteiger partial charge on any atom is -0.445 e. The lowest BCUT2D eigenvalue weighted by molar-refractivity contribution is -0.313. The topological polar surface area (TPSA) is 67.7 Å². The highest BCUT2D eigenvalue weighted by Crippen LogP contribution is 2.32. The maximum Gasteiger partial charge on any atom is 0.237 e. The molecule has 4 aromatic rings. The monoisotopic (exact) mass is 684 g/mol. The molecule has 0 spiro atoms. The van der Waals surface area contributed by atoms with Crippen LogP contribution in [0.4, 0.5) is 0 Å². The molecule has 1 heterocycles. The van der Waals surface area contributed by atoms with Crippen LogP contribution in [0.25, 0.3) is 0 Å². The quantitative estimate of drug-likeness (QED) is 0.0717. The average molecular weight is 686 g/mol. The van der Waals surface area contributed by atoms with Crippen LogP contribution in [0.5, 0.6) is 0 Å². The van der Waals surface area contributed by atoms with Gasteiger partial charge in [-0.15, -0.1) is 4.51 Å². The number of hydrogen-bond acceptors (Lipinski definition) is 7. The minimum absolute atomic E-state index is 0.117. The molecule has 0 amide bonds. The van der Waals surface area contributed by atoms with Crippen LogP contribution in [-0.2, 0) is 54.8 Å². The van der Waals surface area contributed by atoms with Crippen molar-refractivity contribution in [2.24, 2.45) is 4.51 Å². The van der Waals surface area contributed by atoms with Crippen LogP contribution in [-0.4, -0.2) is 48.0 Å². The van der Waals surface area contributed by atoms with E-state index < -0.39 is 41.4 Å². The first-order valence-corrected chi connectivity index (χ1v) is 16.0. The molecule has 0 radical (unpaired) electrons. The molecule has 0 saturated carbocycles. The van der Waals surface area contributed by atoms with Crippen LogP contribution in [0.15, 0.2) is 126 Å². The van der Waals surface area contributed by atoms with E-state index in [0.717, 1.165) is 22.3 Å². The highest BCUT2D eigenvalue weighted by Gasteiger charge is 2.50. The van der Waals surface area contributed by atoms with Crippen molar-refractivity contribution < 1.29 is 29.8 Å². The van der Waals surface area contributed by atoms with Crippen LogP contribution in [0, 0.1) is 0 Å². The van der Waals surface area contributed by atoms with Crippen molar-refractivity contribution in [1.29, 1.82) is 0 Å². The maximum absolute atomic E-state index is 8.12. The summed E-state index contributed by atoms with van der Waals surface area (Å²) >= 11 is 17.9. The number of nitrogens with zero attached hydrogens (tertiary/aromatic N) is 1. The summed E-state index contributed by atoms with van der Waals surface area (Å²) in [5.74, 6) is -0.477. The SMILES string of the molecule is [2H]C(Cl)(Cl)C(=NCl)OC1O[C@H](COCc2ccccc2)[C@@H](OCc2ccccc2)[C@H](OCc2ccccc2)[C@H]1OCc1ccccc1. The Bertz CT molecular complexity index is 1500. The van der Waals surface area contributed by atoms with Gasteiger partial charge in [0.1, 0.15) is 24.4 Å². The summed E-state index contributed by atoms with van der Waals surface area (Å²) in [4.78, 5) is -2.30. The van der Waals surface area contributed by atoms with Gasteiger partial charge in [-0.25, -0.2) is 0 Å². The summed E-state index contributed by atoms with van der Waals surface area (Å²) in [7, 11) is 0. The van der Waals surface area contributed by atoms with Crippen LogP contribution in [0.1, 0.15) is 23.6 Å². The van der Waals surface area contributed by atoms with E-state index in [4.69, 9.17) is 64.8 Å². The lowest BCUT2D eigenvalue weighted by Gasteiger charge is -2.45. The fourth-order valence-electron chi connectivity index (χ4n) is 5.05. The molecule has 10 heteroatoms. The largest absolute Gasteiger partial charge is 0.445 e. The predicted octanol–water partition coefficient (Wildman–Crippen LogP) is 8.06. The zero-order chi connectivity index (χ0) is 32.9. The molecule has 7 nitrogen and oxygen atoms in total. The molecule has 0 N–H and O–H groups in total. The minimum atomic E-state index is -2.30. The van der Waals surface area contributed by atoms with Gasteiger partial charge < -0.3 is 28.4 Å². The number of halogens is 3. The molecule has 0 aromatic heterocycles. The number of alkyl halides is 2. The summed E-state index contributed by atoms with van der Waals surface area (Å²) in [5.41, 5.74) is 3.84. The number of rotatable bonds is 15. The van der Waals surface area contributed by atoms with Crippen molar-refractivity contribution in [2.45, 2.75) is 61.9 Å². The molecule has 1 saturated heterocycles. The van der Waals surface area contributed by atoms with Gasteiger partial charge in [-0.3, -0.25) is 0 Å². The lowest BCUT2D eigenvalue weighted by atomic mass is 9.97. The van der Waals surface area contributed by atoms with Crippen molar-refractivity contribution in [3.8, 4) is 0 Å². The number of benzene rings is 4. The Labute approximate surface area is 286 Å². The molecule has 46 heavy (non-hydrogen) atoms. The molecule has 5 rings (SSSR count). The van der Waals surface area contributed by atoms with Gasteiger partial charge in [0.05, 0.1) is 34.4 Å². The zero-order valence-corrected chi connectivity index (χ0v) is 27.3. The molecule has 1 aliphatic heterocycles. The summed E-state index contributed by atoms with van der Waals surface area (Å²) in [6.45, 7) is 1.18. The zero-order valence-electron chi connectivity index (χ0n) is 26.0. The van der Waals surface area contributed by atoms with Gasteiger partial charge in [-0.1, -0.05) is 145 Å². The van der Waals surface area contributed by atoms with Crippen molar-refractivity contribution in [1.82, 2.24) is 0 Å². The van der Waals surface area contributed by atoms with Gasteiger partial charge in [0.2, 0.25) is 12.2 Å². The van der Waals surface area contributed by atoms with Gasteiger partial charge in [0, 0.05) is 11.8 Å². The van der Waals surface area contributed by atoms with Gasteiger partial charge in [0.25, 0.3) is 0 Å². The second-order valence-corrected chi connectivity index (χ2v) is 11.7. The van der Waals surface area contributed by atoms with Crippen LogP contribution in [0.3, 0.4) is 0 Å². The van der Waals surface area contributed by atoms with Crippen LogP contribution in [0.2, 0.25) is 0 Å². The normalized spacial score (nSPS) is 22.3. The second kappa shape index (κ2) is 18.4. The first kappa shape index (κ1) is 32.9. The summed E-state index contributed by atoms with van der Waals surface area (Å²) in [6.07, 6.45) is -4.27. The Morgan fingerprint density at radius 2 is 1.04 bits per heavy atom. The third kappa shape index (κ3) is 10.3. The van der Waals surface area contributed by atoms with E-state index in [-0.39, 0.29) is 26.4 Å². The Kier molecular flexibility index (Phi) is 13.2. The third-order valence-electron chi connectivity index (χ3n) is 7.31. The predicted molar refractivity (Wildman–Crippen MR) is 180 cm³/mol. The molecule has 4 aromatic carbocycles. The average Bonchev–Trinajstić information content (AvgIpc) is 3.10. The first-order valence-electron chi connectivity index (χ1n) is 15.4.